The number of rotatable bonds is 5. The first kappa shape index (κ1) is 16.7. The van der Waals surface area contributed by atoms with Gasteiger partial charge in [-0.15, -0.1) is 11.3 Å². The lowest BCUT2D eigenvalue weighted by atomic mass is 10.2. The number of ether oxygens (including phenoxy) is 1. The normalized spacial score (nSPS) is 11.2. The number of aryl methyl sites for hydroxylation is 1. The predicted octanol–water partition coefficient (Wildman–Crippen LogP) is 3.99. The first-order chi connectivity index (χ1) is 11.0. The van der Waals surface area contributed by atoms with Crippen LogP contribution in [0.25, 0.3) is 5.57 Å². The maximum atomic E-state index is 11.8. The third kappa shape index (κ3) is 4.66. The smallest absolute Gasteiger partial charge is 0.338 e. The molecule has 0 bridgehead atoms. The van der Waals surface area contributed by atoms with Gasteiger partial charge >= 0.3 is 5.97 Å². The first-order valence-corrected chi connectivity index (χ1v) is 7.98. The summed E-state index contributed by atoms with van der Waals surface area (Å²) in [6.07, 6.45) is 1.46. The standard InChI is InChI=1S/C17H17N3O2S/c1-11(2)22-17(21)13-4-6-15(7-5-13)19-9-14(8-18)16-20-12(3)10-23-16/h4-7,9-11,19H,1-3H3/b14-9+. The minimum absolute atomic E-state index is 0.150. The van der Waals surface area contributed by atoms with E-state index >= 15 is 0 Å². The molecule has 23 heavy (non-hydrogen) atoms. The number of aromatic nitrogens is 1. The Kier molecular flexibility index (Phi) is 5.50. The van der Waals surface area contributed by atoms with E-state index in [-0.39, 0.29) is 12.1 Å². The van der Waals surface area contributed by atoms with Gasteiger partial charge in [0.2, 0.25) is 0 Å². The molecule has 0 unspecified atom stereocenters. The van der Waals surface area contributed by atoms with E-state index in [0.717, 1.165) is 11.4 Å². The highest BCUT2D eigenvalue weighted by atomic mass is 32.1. The van der Waals surface area contributed by atoms with Crippen molar-refractivity contribution in [3.05, 3.63) is 52.1 Å². The molecule has 6 heteroatoms. The van der Waals surface area contributed by atoms with E-state index in [4.69, 9.17) is 4.74 Å². The number of hydrogen-bond acceptors (Lipinski definition) is 6. The van der Waals surface area contributed by atoms with Crippen molar-refractivity contribution < 1.29 is 9.53 Å². The average molecular weight is 327 g/mol. The molecule has 1 heterocycles. The molecule has 0 aliphatic heterocycles. The fraction of sp³-hybridized carbons (Fsp3) is 0.235. The van der Waals surface area contributed by atoms with Crippen molar-refractivity contribution in [2.75, 3.05) is 5.32 Å². The number of esters is 1. The molecule has 0 aliphatic rings. The van der Waals surface area contributed by atoms with Crippen LogP contribution in [-0.2, 0) is 4.74 Å². The second-order valence-electron chi connectivity index (χ2n) is 5.14. The van der Waals surface area contributed by atoms with Crippen LogP contribution in [0.4, 0.5) is 5.69 Å². The number of thiazole rings is 1. The van der Waals surface area contributed by atoms with E-state index in [9.17, 15) is 10.1 Å². The van der Waals surface area contributed by atoms with Gasteiger partial charge in [0.1, 0.15) is 16.6 Å². The Labute approximate surface area is 139 Å². The molecule has 0 radical (unpaired) electrons. The Bertz CT molecular complexity index is 755. The van der Waals surface area contributed by atoms with Gasteiger partial charge in [-0.1, -0.05) is 0 Å². The van der Waals surface area contributed by atoms with Crippen LogP contribution < -0.4 is 5.32 Å². The maximum absolute atomic E-state index is 11.8. The fourth-order valence-corrected chi connectivity index (χ4v) is 2.52. The van der Waals surface area contributed by atoms with Crippen molar-refractivity contribution in [2.45, 2.75) is 26.9 Å². The van der Waals surface area contributed by atoms with Gasteiger partial charge in [-0.05, 0) is 45.0 Å². The number of nitrogens with one attached hydrogen (secondary N) is 1. The molecule has 1 N–H and O–H groups in total. The van der Waals surface area contributed by atoms with E-state index in [1.165, 1.54) is 11.3 Å². The van der Waals surface area contributed by atoms with Gasteiger partial charge in [-0.2, -0.15) is 5.26 Å². The lowest BCUT2D eigenvalue weighted by molar-refractivity contribution is 0.0378. The van der Waals surface area contributed by atoms with Crippen molar-refractivity contribution in [1.29, 1.82) is 5.26 Å². The number of allylic oxidation sites excluding steroid dienone is 1. The molecule has 118 valence electrons. The molecule has 0 aliphatic carbocycles. The zero-order chi connectivity index (χ0) is 16.8. The predicted molar refractivity (Wildman–Crippen MR) is 91.1 cm³/mol. The zero-order valence-corrected chi connectivity index (χ0v) is 14.0. The Morgan fingerprint density at radius 1 is 1.39 bits per heavy atom. The molecule has 2 aromatic rings. The average Bonchev–Trinajstić information content (AvgIpc) is 2.94. The fourth-order valence-electron chi connectivity index (χ4n) is 1.76. The van der Waals surface area contributed by atoms with Gasteiger partial charge in [-0.3, -0.25) is 0 Å². The lowest BCUT2D eigenvalue weighted by Gasteiger charge is -2.08. The number of benzene rings is 1. The highest BCUT2D eigenvalue weighted by Crippen LogP contribution is 2.19. The van der Waals surface area contributed by atoms with Crippen LogP contribution in [0.1, 0.15) is 34.9 Å². The van der Waals surface area contributed by atoms with E-state index in [1.807, 2.05) is 26.2 Å². The Morgan fingerprint density at radius 2 is 2.09 bits per heavy atom. The third-order valence-corrected chi connectivity index (χ3v) is 3.81. The minimum Gasteiger partial charge on any atom is -0.459 e. The summed E-state index contributed by atoms with van der Waals surface area (Å²) in [5.41, 5.74) is 2.61. The van der Waals surface area contributed by atoms with Crippen LogP contribution in [-0.4, -0.2) is 17.1 Å². The van der Waals surface area contributed by atoms with Crippen LogP contribution in [0.15, 0.2) is 35.8 Å². The van der Waals surface area contributed by atoms with E-state index < -0.39 is 0 Å². The number of nitrogens with zero attached hydrogens (tertiary/aromatic N) is 2. The van der Waals surface area contributed by atoms with Gasteiger partial charge in [0, 0.05) is 23.0 Å². The lowest BCUT2D eigenvalue weighted by Crippen LogP contribution is -2.11. The summed E-state index contributed by atoms with van der Waals surface area (Å²) in [5.74, 6) is -0.349. The molecular formula is C17H17N3O2S. The Hall–Kier alpha value is -2.65. The second-order valence-corrected chi connectivity index (χ2v) is 6.00. The molecule has 0 fully saturated rings. The van der Waals surface area contributed by atoms with Gasteiger partial charge in [0.25, 0.3) is 0 Å². The molecule has 0 saturated heterocycles. The molecule has 2 rings (SSSR count). The number of hydrogen-bond donors (Lipinski definition) is 1. The van der Waals surface area contributed by atoms with Gasteiger partial charge in [0.15, 0.2) is 0 Å². The number of anilines is 1. The largest absolute Gasteiger partial charge is 0.459 e. The van der Waals surface area contributed by atoms with Gasteiger partial charge in [-0.25, -0.2) is 9.78 Å². The van der Waals surface area contributed by atoms with Crippen LogP contribution >= 0.6 is 11.3 Å². The van der Waals surface area contributed by atoms with Crippen molar-refractivity contribution in [2.24, 2.45) is 0 Å². The van der Waals surface area contributed by atoms with E-state index in [0.29, 0.717) is 16.1 Å². The monoisotopic (exact) mass is 327 g/mol. The summed E-state index contributed by atoms with van der Waals surface area (Å²) in [6, 6.07) is 9.01. The van der Waals surface area contributed by atoms with Crippen LogP contribution in [0, 0.1) is 18.3 Å². The summed E-state index contributed by atoms with van der Waals surface area (Å²) < 4.78 is 5.13. The maximum Gasteiger partial charge on any atom is 0.338 e. The zero-order valence-electron chi connectivity index (χ0n) is 13.2. The van der Waals surface area contributed by atoms with Gasteiger partial charge < -0.3 is 10.1 Å². The summed E-state index contributed by atoms with van der Waals surface area (Å²) in [5, 5.41) is 14.8. The number of carbonyl (C=O) groups excluding carboxylic acids is 1. The second kappa shape index (κ2) is 7.56. The van der Waals surface area contributed by atoms with Crippen molar-refractivity contribution in [3.63, 3.8) is 0 Å². The Morgan fingerprint density at radius 3 is 2.61 bits per heavy atom. The van der Waals surface area contributed by atoms with Crippen molar-refractivity contribution >= 4 is 28.6 Å². The highest BCUT2D eigenvalue weighted by molar-refractivity contribution is 7.10. The molecular weight excluding hydrogens is 310 g/mol. The van der Waals surface area contributed by atoms with Crippen LogP contribution in [0.2, 0.25) is 0 Å². The highest BCUT2D eigenvalue weighted by Gasteiger charge is 2.09. The topological polar surface area (TPSA) is 75.0 Å². The first-order valence-electron chi connectivity index (χ1n) is 7.10. The molecule has 0 spiro atoms. The minimum atomic E-state index is -0.349. The van der Waals surface area contributed by atoms with Crippen LogP contribution in [0.5, 0.6) is 0 Å². The summed E-state index contributed by atoms with van der Waals surface area (Å²) in [4.78, 5) is 16.0. The SMILES string of the molecule is Cc1csc(/C(C#N)=C/Nc2ccc(C(=O)OC(C)C)cc2)n1. The van der Waals surface area contributed by atoms with E-state index in [2.05, 4.69) is 16.4 Å². The van der Waals surface area contributed by atoms with Crippen LogP contribution in [0.3, 0.4) is 0 Å². The summed E-state index contributed by atoms with van der Waals surface area (Å²) in [7, 11) is 0. The van der Waals surface area contributed by atoms with Crippen molar-refractivity contribution in [1.82, 2.24) is 4.98 Å². The van der Waals surface area contributed by atoms with E-state index in [1.54, 1.807) is 30.5 Å². The molecule has 0 atom stereocenters. The molecule has 1 aromatic heterocycles. The summed E-state index contributed by atoms with van der Waals surface area (Å²) >= 11 is 1.43. The molecule has 0 saturated carbocycles. The third-order valence-electron chi connectivity index (χ3n) is 2.82. The Balaban J connectivity index is 2.07. The molecule has 5 nitrogen and oxygen atoms in total. The van der Waals surface area contributed by atoms with Crippen molar-refractivity contribution in [3.8, 4) is 6.07 Å². The van der Waals surface area contributed by atoms with Gasteiger partial charge in [0.05, 0.1) is 11.7 Å². The number of nitriles is 1. The number of carbonyl (C=O) groups is 1. The molecule has 0 amide bonds. The summed E-state index contributed by atoms with van der Waals surface area (Å²) in [6.45, 7) is 5.50. The quantitative estimate of drug-likeness (QED) is 0.664. The molecule has 1 aromatic carbocycles.